The van der Waals surface area contributed by atoms with Crippen LogP contribution in [0, 0.1) is 0 Å². The maximum absolute atomic E-state index is 9.69. The van der Waals surface area contributed by atoms with Crippen molar-refractivity contribution in [2.24, 2.45) is 0 Å². The topological polar surface area (TPSA) is 0 Å². The highest BCUT2D eigenvalue weighted by Gasteiger charge is 2.24. The molecule has 0 radical (unpaired) electrons. The van der Waals surface area contributed by atoms with Gasteiger partial charge in [-0.3, -0.25) is 0 Å². The largest absolute Gasteiger partial charge is 0.559 e. The summed E-state index contributed by atoms with van der Waals surface area (Å²) in [6.45, 7) is -1.72. The second-order valence-corrected chi connectivity index (χ2v) is 7.11. The molecule has 0 nitrogen and oxygen atoms in total. The van der Waals surface area contributed by atoms with Crippen molar-refractivity contribution in [1.29, 1.82) is 0 Å². The Morgan fingerprint density at radius 3 is 0.889 bits per heavy atom. The molecule has 0 saturated carbocycles. The monoisotopic (exact) mass is 222 g/mol. The average Bonchev–Trinajstić information content (AvgIpc) is 1.19. The fourth-order valence-electron chi connectivity index (χ4n) is 0. The van der Waals surface area contributed by atoms with E-state index in [4.69, 9.17) is 33.2 Å². The molecule has 0 rings (SSSR count). The first kappa shape index (κ1) is 12.5. The minimum absolute atomic E-state index is 1.72. The highest BCUT2D eigenvalue weighted by atomic mass is 35.8. The van der Waals surface area contributed by atoms with Crippen LogP contribution in [0.1, 0.15) is 0 Å². The molecule has 0 aromatic heterocycles. The standard InChI is InChI=1S/CF4.Cl3HSi/c2-1(3,4)5;1-4(2)3/h;4H. The molecule has 8 heteroatoms. The van der Waals surface area contributed by atoms with Gasteiger partial charge in [0.25, 0.3) is 0 Å². The van der Waals surface area contributed by atoms with Crippen molar-refractivity contribution in [1.82, 2.24) is 0 Å². The predicted molar refractivity (Wildman–Crippen MR) is 31.9 cm³/mol. The van der Waals surface area contributed by atoms with Crippen LogP contribution in [0.25, 0.3) is 0 Å². The summed E-state index contributed by atoms with van der Waals surface area (Å²) in [5, 5.41) is 0. The number of alkyl halides is 4. The van der Waals surface area contributed by atoms with Crippen LogP contribution >= 0.6 is 33.2 Å². The molecular weight excluding hydrogens is 222 g/mol. The number of rotatable bonds is 0. The highest BCUT2D eigenvalue weighted by molar-refractivity contribution is 7.54. The van der Waals surface area contributed by atoms with Gasteiger partial charge in [0.15, 0.2) is 0 Å². The first-order chi connectivity index (χ1) is 3.73. The Labute approximate surface area is 64.4 Å². The zero-order valence-corrected chi connectivity index (χ0v) is 7.15. The molecule has 0 unspecified atom stereocenters. The summed E-state index contributed by atoms with van der Waals surface area (Å²) < 4.78 is 38.8. The Morgan fingerprint density at radius 2 is 0.889 bits per heavy atom. The zero-order valence-electron chi connectivity index (χ0n) is 3.72. The third kappa shape index (κ3) is 627. The van der Waals surface area contributed by atoms with Gasteiger partial charge < -0.3 is 0 Å². The molecule has 0 aliphatic heterocycles. The third-order valence-electron chi connectivity index (χ3n) is 0. The first-order valence-electron chi connectivity index (χ1n) is 1.41. The second-order valence-electron chi connectivity index (χ2n) is 0.676. The van der Waals surface area contributed by atoms with Crippen LogP contribution in [0.15, 0.2) is 0 Å². The summed E-state index contributed by atoms with van der Waals surface area (Å²) in [4.78, 5) is 0. The average molecular weight is 223 g/mol. The van der Waals surface area contributed by atoms with Gasteiger partial charge in [0.1, 0.15) is 0 Å². The van der Waals surface area contributed by atoms with Crippen molar-refractivity contribution in [3.63, 3.8) is 0 Å². The molecule has 0 aromatic carbocycles. The van der Waals surface area contributed by atoms with Crippen molar-refractivity contribution in [2.45, 2.75) is 6.43 Å². The van der Waals surface area contributed by atoms with Crippen LogP contribution in [-0.4, -0.2) is 13.2 Å². The van der Waals surface area contributed by atoms with Gasteiger partial charge >= 0.3 is 13.2 Å². The van der Waals surface area contributed by atoms with E-state index in [0.717, 1.165) is 0 Å². The minimum Gasteiger partial charge on any atom is -0.140 e. The van der Waals surface area contributed by atoms with E-state index in [-0.39, 0.29) is 0 Å². The molecule has 0 amide bonds. The van der Waals surface area contributed by atoms with Crippen molar-refractivity contribution in [3.8, 4) is 0 Å². The molecule has 0 fully saturated rings. The molecule has 0 heterocycles. The number of hydrogen-bond donors (Lipinski definition) is 0. The lowest BCUT2D eigenvalue weighted by Crippen LogP contribution is -1.92. The third-order valence-corrected chi connectivity index (χ3v) is 0. The second kappa shape index (κ2) is 5.58. The molecule has 0 N–H and O–H groups in total. The van der Waals surface area contributed by atoms with E-state index in [9.17, 15) is 17.6 Å². The molecule has 0 aromatic rings. The Balaban J connectivity index is 0. The van der Waals surface area contributed by atoms with E-state index in [2.05, 4.69) is 0 Å². The van der Waals surface area contributed by atoms with E-state index in [1.54, 1.807) is 0 Å². The van der Waals surface area contributed by atoms with Gasteiger partial charge in [-0.1, -0.05) is 0 Å². The van der Waals surface area contributed by atoms with Crippen molar-refractivity contribution in [3.05, 3.63) is 0 Å². The fourth-order valence-corrected chi connectivity index (χ4v) is 0. The van der Waals surface area contributed by atoms with Crippen LogP contribution < -0.4 is 0 Å². The molecule has 0 atom stereocenters. The molecule has 0 spiro atoms. The van der Waals surface area contributed by atoms with Gasteiger partial charge in [-0.15, -0.1) is 50.8 Å². The Bertz CT molecular complexity index is 52.6. The smallest absolute Gasteiger partial charge is 0.140 e. The van der Waals surface area contributed by atoms with Crippen LogP contribution in [0.5, 0.6) is 0 Å². The number of hydrogen-bond acceptors (Lipinski definition) is 0. The maximum atomic E-state index is 9.69. The Kier molecular flexibility index (Phi) is 7.74. The molecular formula is CHCl3F4Si. The summed E-state index contributed by atoms with van der Waals surface area (Å²) >= 11 is 14.8. The fraction of sp³-hybridized carbons (Fsp3) is 1.00. The summed E-state index contributed by atoms with van der Waals surface area (Å²) in [5.41, 5.74) is 0. The van der Waals surface area contributed by atoms with Gasteiger partial charge in [0, 0.05) is 0 Å². The lowest BCUT2D eigenvalue weighted by atomic mass is 11.5. The van der Waals surface area contributed by atoms with E-state index in [0.29, 0.717) is 0 Å². The Hall–Kier alpha value is 0.807. The lowest BCUT2D eigenvalue weighted by Gasteiger charge is -1.82. The molecule has 0 saturated heterocycles. The van der Waals surface area contributed by atoms with Crippen molar-refractivity contribution in [2.75, 3.05) is 0 Å². The molecule has 0 bridgehead atoms. The van der Waals surface area contributed by atoms with E-state index in [1.807, 2.05) is 0 Å². The van der Waals surface area contributed by atoms with Gasteiger partial charge in [0.2, 0.25) is 0 Å². The summed E-state index contributed by atoms with van der Waals surface area (Å²) in [6.07, 6.45) is -5.50. The lowest BCUT2D eigenvalue weighted by molar-refractivity contribution is -0.237. The van der Waals surface area contributed by atoms with Crippen LogP contribution in [0.4, 0.5) is 17.6 Å². The van der Waals surface area contributed by atoms with Gasteiger partial charge in [-0.2, -0.15) is 0 Å². The zero-order chi connectivity index (χ0) is 8.08. The molecule has 58 valence electrons. The van der Waals surface area contributed by atoms with Gasteiger partial charge in [-0.05, 0) is 0 Å². The summed E-state index contributed by atoms with van der Waals surface area (Å²) in [7, 11) is 0. The van der Waals surface area contributed by atoms with E-state index >= 15 is 0 Å². The van der Waals surface area contributed by atoms with Crippen LogP contribution in [0.3, 0.4) is 0 Å². The van der Waals surface area contributed by atoms with Crippen LogP contribution in [0.2, 0.25) is 0 Å². The van der Waals surface area contributed by atoms with E-state index < -0.39 is 13.2 Å². The minimum atomic E-state index is -5.50. The van der Waals surface area contributed by atoms with E-state index in [1.165, 1.54) is 0 Å². The summed E-state index contributed by atoms with van der Waals surface area (Å²) in [6, 6.07) is 0. The maximum Gasteiger partial charge on any atom is 0.559 e. The normalized spacial score (nSPS) is 10.7. The Morgan fingerprint density at radius 1 is 0.889 bits per heavy atom. The van der Waals surface area contributed by atoms with Crippen LogP contribution in [-0.2, 0) is 0 Å². The van der Waals surface area contributed by atoms with Crippen molar-refractivity contribution < 1.29 is 17.6 Å². The highest BCUT2D eigenvalue weighted by Crippen LogP contribution is 2.13. The molecule has 9 heavy (non-hydrogen) atoms. The van der Waals surface area contributed by atoms with Gasteiger partial charge in [0.05, 0.1) is 0 Å². The molecule has 0 aliphatic rings. The summed E-state index contributed by atoms with van der Waals surface area (Å²) in [5.74, 6) is 0. The van der Waals surface area contributed by atoms with Gasteiger partial charge in [-0.25, -0.2) is 0 Å². The predicted octanol–water partition coefficient (Wildman–Crippen LogP) is 2.90. The first-order valence-corrected chi connectivity index (χ1v) is 6.65. The quantitative estimate of drug-likeness (QED) is 0.336. The SMILES string of the molecule is Cl[SiH](Cl)Cl.FC(F)(F)F. The number of halogens is 7. The van der Waals surface area contributed by atoms with Crippen molar-refractivity contribution >= 4 is 40.0 Å². The molecule has 0 aliphatic carbocycles.